The Morgan fingerprint density at radius 3 is 2.74 bits per heavy atom. The standard InChI is InChI=1S/C19H24FN5O4S2/c1-28-11-6-21-16(26)13-30-19-23-22-18(31-19)25-9-7-24(8-10-25)17(27)12-29-15-5-3-2-4-14(15)20/h2-5H,6-13H2,1H3,(H,21,26). The van der Waals surface area contributed by atoms with Gasteiger partial charge in [0.25, 0.3) is 5.91 Å². The number of benzene rings is 1. The highest BCUT2D eigenvalue weighted by atomic mass is 32.2. The van der Waals surface area contributed by atoms with Crippen LogP contribution < -0.4 is 15.0 Å². The van der Waals surface area contributed by atoms with Gasteiger partial charge in [-0.15, -0.1) is 10.2 Å². The Kier molecular flexibility index (Phi) is 8.85. The van der Waals surface area contributed by atoms with E-state index < -0.39 is 5.82 Å². The Bertz CT molecular complexity index is 876. The lowest BCUT2D eigenvalue weighted by Gasteiger charge is -2.34. The smallest absolute Gasteiger partial charge is 0.260 e. The number of piperazine rings is 1. The van der Waals surface area contributed by atoms with Gasteiger partial charge >= 0.3 is 0 Å². The maximum atomic E-state index is 13.6. The van der Waals surface area contributed by atoms with Crippen molar-refractivity contribution in [1.82, 2.24) is 20.4 Å². The number of hydrogen-bond donors (Lipinski definition) is 1. The number of amides is 2. The average Bonchev–Trinajstić information content (AvgIpc) is 3.26. The van der Waals surface area contributed by atoms with Gasteiger partial charge in [0, 0.05) is 39.8 Å². The van der Waals surface area contributed by atoms with Crippen molar-refractivity contribution < 1.29 is 23.5 Å². The molecule has 1 fully saturated rings. The van der Waals surface area contributed by atoms with Crippen LogP contribution in [0.4, 0.5) is 9.52 Å². The van der Waals surface area contributed by atoms with Crippen LogP contribution in [0.2, 0.25) is 0 Å². The van der Waals surface area contributed by atoms with Crippen LogP contribution in [0.15, 0.2) is 28.6 Å². The Morgan fingerprint density at radius 2 is 2.00 bits per heavy atom. The van der Waals surface area contributed by atoms with Crippen molar-refractivity contribution in [3.8, 4) is 5.75 Å². The maximum Gasteiger partial charge on any atom is 0.260 e. The molecule has 0 aliphatic carbocycles. The van der Waals surface area contributed by atoms with E-state index >= 15 is 0 Å². The molecule has 2 amide bonds. The van der Waals surface area contributed by atoms with Crippen LogP contribution in [-0.4, -0.2) is 85.7 Å². The number of aromatic nitrogens is 2. The summed E-state index contributed by atoms with van der Waals surface area (Å²) in [6.07, 6.45) is 0. The summed E-state index contributed by atoms with van der Waals surface area (Å²) in [5.74, 6) is -0.416. The second kappa shape index (κ2) is 11.8. The molecule has 1 aliphatic rings. The van der Waals surface area contributed by atoms with E-state index in [-0.39, 0.29) is 29.9 Å². The largest absolute Gasteiger partial charge is 0.481 e. The minimum atomic E-state index is -0.488. The summed E-state index contributed by atoms with van der Waals surface area (Å²) in [5, 5.41) is 11.9. The molecule has 0 bridgehead atoms. The van der Waals surface area contributed by atoms with Gasteiger partial charge in [-0.2, -0.15) is 0 Å². The van der Waals surface area contributed by atoms with Crippen LogP contribution in [-0.2, 0) is 14.3 Å². The number of carbonyl (C=O) groups excluding carboxylic acids is 2. The van der Waals surface area contributed by atoms with E-state index in [1.165, 1.54) is 35.2 Å². The van der Waals surface area contributed by atoms with Crippen molar-refractivity contribution in [2.75, 3.05) is 63.7 Å². The summed E-state index contributed by atoms with van der Waals surface area (Å²) in [7, 11) is 1.58. The summed E-state index contributed by atoms with van der Waals surface area (Å²) in [4.78, 5) is 27.9. The fraction of sp³-hybridized carbons (Fsp3) is 0.474. The van der Waals surface area contributed by atoms with Gasteiger partial charge in [-0.25, -0.2) is 4.39 Å². The molecule has 0 radical (unpaired) electrons. The predicted octanol–water partition coefficient (Wildman–Crippen LogP) is 1.26. The molecule has 2 heterocycles. The molecule has 12 heteroatoms. The minimum absolute atomic E-state index is 0.0701. The number of rotatable bonds is 10. The molecule has 1 aliphatic heterocycles. The first-order chi connectivity index (χ1) is 15.1. The zero-order valence-electron chi connectivity index (χ0n) is 17.1. The predicted molar refractivity (Wildman–Crippen MR) is 116 cm³/mol. The second-order valence-corrected chi connectivity index (χ2v) is 8.75. The third kappa shape index (κ3) is 7.04. The van der Waals surface area contributed by atoms with Gasteiger partial charge in [0.15, 0.2) is 22.5 Å². The number of thioether (sulfide) groups is 1. The molecule has 31 heavy (non-hydrogen) atoms. The molecule has 3 rings (SSSR count). The topological polar surface area (TPSA) is 96.9 Å². The number of nitrogens with zero attached hydrogens (tertiary/aromatic N) is 4. The van der Waals surface area contributed by atoms with Gasteiger partial charge in [-0.1, -0.05) is 35.2 Å². The molecule has 1 saturated heterocycles. The quantitative estimate of drug-likeness (QED) is 0.410. The van der Waals surface area contributed by atoms with E-state index in [1.54, 1.807) is 24.1 Å². The monoisotopic (exact) mass is 469 g/mol. The second-order valence-electron chi connectivity index (χ2n) is 6.57. The molecule has 0 atom stereocenters. The van der Waals surface area contributed by atoms with Gasteiger partial charge in [0.1, 0.15) is 0 Å². The molecule has 0 spiro atoms. The number of para-hydroxylation sites is 1. The Balaban J connectivity index is 1.40. The lowest BCUT2D eigenvalue weighted by molar-refractivity contribution is -0.133. The maximum absolute atomic E-state index is 13.6. The van der Waals surface area contributed by atoms with E-state index in [0.717, 1.165) is 5.13 Å². The Morgan fingerprint density at radius 1 is 1.23 bits per heavy atom. The van der Waals surface area contributed by atoms with E-state index in [9.17, 15) is 14.0 Å². The van der Waals surface area contributed by atoms with Gasteiger partial charge in [0.05, 0.1) is 12.4 Å². The molecule has 1 N–H and O–H groups in total. The zero-order chi connectivity index (χ0) is 22.1. The molecule has 0 unspecified atom stereocenters. The summed E-state index contributed by atoms with van der Waals surface area (Å²) in [5.41, 5.74) is 0. The van der Waals surface area contributed by atoms with E-state index in [4.69, 9.17) is 9.47 Å². The summed E-state index contributed by atoms with van der Waals surface area (Å²) >= 11 is 2.76. The molecule has 9 nitrogen and oxygen atoms in total. The number of halogens is 1. The first-order valence-corrected chi connectivity index (χ1v) is 11.5. The molecular formula is C19H24FN5O4S2. The van der Waals surface area contributed by atoms with Crippen molar-refractivity contribution >= 4 is 40.0 Å². The third-order valence-electron chi connectivity index (χ3n) is 4.44. The van der Waals surface area contributed by atoms with Gasteiger partial charge in [0.2, 0.25) is 11.0 Å². The normalized spacial score (nSPS) is 13.9. The van der Waals surface area contributed by atoms with Crippen LogP contribution in [0, 0.1) is 5.82 Å². The van der Waals surface area contributed by atoms with E-state index in [1.807, 2.05) is 0 Å². The highest BCUT2D eigenvalue weighted by Crippen LogP contribution is 2.28. The van der Waals surface area contributed by atoms with Crippen LogP contribution in [0.5, 0.6) is 5.75 Å². The van der Waals surface area contributed by atoms with Gasteiger partial charge in [-0.05, 0) is 12.1 Å². The van der Waals surface area contributed by atoms with Crippen molar-refractivity contribution in [2.45, 2.75) is 4.34 Å². The van der Waals surface area contributed by atoms with Gasteiger partial charge < -0.3 is 24.6 Å². The van der Waals surface area contributed by atoms with Crippen LogP contribution in [0.25, 0.3) is 0 Å². The number of methoxy groups -OCH3 is 1. The fourth-order valence-electron chi connectivity index (χ4n) is 2.80. The minimum Gasteiger partial charge on any atom is -0.481 e. The lowest BCUT2D eigenvalue weighted by atomic mass is 10.3. The van der Waals surface area contributed by atoms with Crippen LogP contribution in [0.3, 0.4) is 0 Å². The number of carbonyl (C=O) groups is 2. The van der Waals surface area contributed by atoms with Crippen molar-refractivity contribution in [3.63, 3.8) is 0 Å². The molecule has 1 aromatic carbocycles. The van der Waals surface area contributed by atoms with E-state index in [2.05, 4.69) is 20.4 Å². The molecular weight excluding hydrogens is 445 g/mol. The number of anilines is 1. The molecule has 168 valence electrons. The SMILES string of the molecule is COCCNC(=O)CSc1nnc(N2CCN(C(=O)COc3ccccc3F)CC2)s1. The first-order valence-electron chi connectivity index (χ1n) is 9.69. The fourth-order valence-corrected chi connectivity index (χ4v) is 4.52. The lowest BCUT2D eigenvalue weighted by Crippen LogP contribution is -2.50. The van der Waals surface area contributed by atoms with Crippen molar-refractivity contribution in [3.05, 3.63) is 30.1 Å². The molecule has 2 aromatic rings. The van der Waals surface area contributed by atoms with Crippen LogP contribution >= 0.6 is 23.1 Å². The summed E-state index contributed by atoms with van der Waals surface area (Å²) in [6, 6.07) is 6.01. The van der Waals surface area contributed by atoms with Gasteiger partial charge in [-0.3, -0.25) is 9.59 Å². The first kappa shape index (κ1) is 23.2. The zero-order valence-corrected chi connectivity index (χ0v) is 18.7. The third-order valence-corrected chi connectivity index (χ3v) is 6.56. The highest BCUT2D eigenvalue weighted by Gasteiger charge is 2.24. The number of ether oxygens (including phenoxy) is 2. The number of nitrogens with one attached hydrogen (secondary N) is 1. The average molecular weight is 470 g/mol. The van der Waals surface area contributed by atoms with E-state index in [0.29, 0.717) is 43.7 Å². The van der Waals surface area contributed by atoms with Crippen LogP contribution in [0.1, 0.15) is 0 Å². The van der Waals surface area contributed by atoms with Crippen molar-refractivity contribution in [2.24, 2.45) is 0 Å². The van der Waals surface area contributed by atoms with Crippen molar-refractivity contribution in [1.29, 1.82) is 0 Å². The highest BCUT2D eigenvalue weighted by molar-refractivity contribution is 8.01. The molecule has 1 aromatic heterocycles. The summed E-state index contributed by atoms with van der Waals surface area (Å²) in [6.45, 7) is 3.01. The summed E-state index contributed by atoms with van der Waals surface area (Å²) < 4.78 is 24.5. The number of hydrogen-bond acceptors (Lipinski definition) is 9. The Hall–Kier alpha value is -2.44. The molecule has 0 saturated carbocycles. The Labute approximate surface area is 187 Å².